The second kappa shape index (κ2) is 5.35. The fourth-order valence-corrected chi connectivity index (χ4v) is 2.55. The normalized spacial score (nSPS) is 19.9. The average Bonchev–Trinajstić information content (AvgIpc) is 2.78. The SMILES string of the molecule is CC(C)CC(=O)N1CCCC1c1ccccc1. The summed E-state index contributed by atoms with van der Waals surface area (Å²) in [5.74, 6) is 0.755. The summed E-state index contributed by atoms with van der Waals surface area (Å²) in [6.45, 7) is 5.13. The van der Waals surface area contributed by atoms with Crippen molar-refractivity contribution in [2.45, 2.75) is 39.2 Å². The van der Waals surface area contributed by atoms with E-state index in [1.165, 1.54) is 5.56 Å². The molecule has 0 spiro atoms. The van der Waals surface area contributed by atoms with Crippen molar-refractivity contribution in [3.05, 3.63) is 35.9 Å². The van der Waals surface area contributed by atoms with Crippen LogP contribution in [0.1, 0.15) is 44.7 Å². The van der Waals surface area contributed by atoms with E-state index in [0.717, 1.165) is 19.4 Å². The van der Waals surface area contributed by atoms with Crippen LogP contribution in [0.3, 0.4) is 0 Å². The monoisotopic (exact) mass is 231 g/mol. The van der Waals surface area contributed by atoms with Gasteiger partial charge in [-0.05, 0) is 24.3 Å². The van der Waals surface area contributed by atoms with Crippen molar-refractivity contribution < 1.29 is 4.79 Å². The fourth-order valence-electron chi connectivity index (χ4n) is 2.55. The van der Waals surface area contributed by atoms with Crippen LogP contribution in [-0.4, -0.2) is 17.4 Å². The Bertz CT molecular complexity index is 372. The van der Waals surface area contributed by atoms with Crippen molar-refractivity contribution in [3.8, 4) is 0 Å². The van der Waals surface area contributed by atoms with Crippen molar-refractivity contribution in [1.29, 1.82) is 0 Å². The van der Waals surface area contributed by atoms with Gasteiger partial charge in [0.25, 0.3) is 0 Å². The molecule has 2 rings (SSSR count). The highest BCUT2D eigenvalue weighted by atomic mass is 16.2. The molecule has 1 aliphatic heterocycles. The summed E-state index contributed by atoms with van der Waals surface area (Å²) >= 11 is 0. The van der Waals surface area contributed by atoms with Crippen LogP contribution in [0.2, 0.25) is 0 Å². The van der Waals surface area contributed by atoms with Crippen LogP contribution in [-0.2, 0) is 4.79 Å². The molecule has 1 fully saturated rings. The molecular weight excluding hydrogens is 210 g/mol. The lowest BCUT2D eigenvalue weighted by atomic mass is 10.0. The van der Waals surface area contributed by atoms with E-state index in [1.54, 1.807) is 0 Å². The molecule has 0 saturated carbocycles. The van der Waals surface area contributed by atoms with Crippen LogP contribution in [0.5, 0.6) is 0 Å². The number of nitrogens with zero attached hydrogens (tertiary/aromatic N) is 1. The molecule has 0 bridgehead atoms. The van der Waals surface area contributed by atoms with E-state index < -0.39 is 0 Å². The molecule has 1 aromatic rings. The Labute approximate surface area is 104 Å². The minimum atomic E-state index is 0.308. The van der Waals surface area contributed by atoms with Gasteiger partial charge in [0.1, 0.15) is 0 Å². The smallest absolute Gasteiger partial charge is 0.223 e. The van der Waals surface area contributed by atoms with Gasteiger partial charge in [-0.25, -0.2) is 0 Å². The quantitative estimate of drug-likeness (QED) is 0.780. The lowest BCUT2D eigenvalue weighted by Crippen LogP contribution is -2.31. The van der Waals surface area contributed by atoms with Gasteiger partial charge >= 0.3 is 0 Å². The van der Waals surface area contributed by atoms with Crippen LogP contribution in [0.4, 0.5) is 0 Å². The number of benzene rings is 1. The largest absolute Gasteiger partial charge is 0.336 e. The Hall–Kier alpha value is -1.31. The van der Waals surface area contributed by atoms with E-state index >= 15 is 0 Å². The van der Waals surface area contributed by atoms with Crippen molar-refractivity contribution in [2.75, 3.05) is 6.54 Å². The molecule has 2 nitrogen and oxygen atoms in total. The topological polar surface area (TPSA) is 20.3 Å². The third-order valence-electron chi connectivity index (χ3n) is 3.34. The minimum Gasteiger partial charge on any atom is -0.336 e. The Morgan fingerprint density at radius 1 is 1.35 bits per heavy atom. The molecule has 1 saturated heterocycles. The molecule has 0 N–H and O–H groups in total. The first-order valence-corrected chi connectivity index (χ1v) is 6.53. The Balaban J connectivity index is 2.10. The maximum Gasteiger partial charge on any atom is 0.223 e. The standard InChI is InChI=1S/C15H21NO/c1-12(2)11-15(17)16-10-6-9-14(16)13-7-4-3-5-8-13/h3-5,7-8,12,14H,6,9-11H2,1-2H3. The zero-order chi connectivity index (χ0) is 12.3. The molecule has 17 heavy (non-hydrogen) atoms. The van der Waals surface area contributed by atoms with Crippen LogP contribution in [0, 0.1) is 5.92 Å². The lowest BCUT2D eigenvalue weighted by molar-refractivity contribution is -0.132. The van der Waals surface area contributed by atoms with E-state index in [1.807, 2.05) is 6.07 Å². The average molecular weight is 231 g/mol. The zero-order valence-electron chi connectivity index (χ0n) is 10.7. The fraction of sp³-hybridized carbons (Fsp3) is 0.533. The van der Waals surface area contributed by atoms with Gasteiger partial charge in [-0.2, -0.15) is 0 Å². The van der Waals surface area contributed by atoms with Crippen molar-refractivity contribution in [1.82, 2.24) is 4.90 Å². The lowest BCUT2D eigenvalue weighted by Gasteiger charge is -2.25. The predicted octanol–water partition coefficient (Wildman–Crippen LogP) is 3.40. The summed E-state index contributed by atoms with van der Waals surface area (Å²) in [6.07, 6.45) is 2.90. The molecule has 0 radical (unpaired) electrons. The number of amides is 1. The van der Waals surface area contributed by atoms with Gasteiger partial charge in [-0.1, -0.05) is 44.2 Å². The number of rotatable bonds is 3. The molecule has 2 heteroatoms. The summed E-state index contributed by atoms with van der Waals surface area (Å²) in [5.41, 5.74) is 1.28. The van der Waals surface area contributed by atoms with Gasteiger partial charge in [-0.15, -0.1) is 0 Å². The molecule has 1 heterocycles. The maximum absolute atomic E-state index is 12.2. The van der Waals surface area contributed by atoms with Crippen molar-refractivity contribution in [2.24, 2.45) is 5.92 Å². The molecule has 1 aromatic carbocycles. The highest BCUT2D eigenvalue weighted by molar-refractivity contribution is 5.77. The summed E-state index contributed by atoms with van der Waals surface area (Å²) in [6, 6.07) is 10.7. The first-order valence-electron chi connectivity index (χ1n) is 6.53. The summed E-state index contributed by atoms with van der Waals surface area (Å²) in [4.78, 5) is 14.2. The molecule has 1 amide bonds. The highest BCUT2D eigenvalue weighted by Crippen LogP contribution is 2.32. The van der Waals surface area contributed by atoms with Gasteiger partial charge in [0.05, 0.1) is 6.04 Å². The van der Waals surface area contributed by atoms with Gasteiger partial charge in [-0.3, -0.25) is 4.79 Å². The third kappa shape index (κ3) is 2.87. The van der Waals surface area contributed by atoms with E-state index in [2.05, 4.69) is 43.0 Å². The molecule has 1 aliphatic rings. The molecule has 0 aromatic heterocycles. The number of likely N-dealkylation sites (tertiary alicyclic amines) is 1. The Kier molecular flexibility index (Phi) is 3.82. The van der Waals surface area contributed by atoms with Crippen LogP contribution in [0.25, 0.3) is 0 Å². The summed E-state index contributed by atoms with van der Waals surface area (Å²) in [5, 5.41) is 0. The number of carbonyl (C=O) groups is 1. The minimum absolute atomic E-state index is 0.308. The van der Waals surface area contributed by atoms with Crippen LogP contribution in [0.15, 0.2) is 30.3 Å². The number of hydrogen-bond donors (Lipinski definition) is 0. The number of carbonyl (C=O) groups excluding carboxylic acids is 1. The second-order valence-corrected chi connectivity index (χ2v) is 5.25. The molecule has 0 aliphatic carbocycles. The Morgan fingerprint density at radius 2 is 2.06 bits per heavy atom. The molecular formula is C15H21NO. The predicted molar refractivity (Wildman–Crippen MR) is 69.6 cm³/mol. The van der Waals surface area contributed by atoms with Crippen LogP contribution < -0.4 is 0 Å². The zero-order valence-corrected chi connectivity index (χ0v) is 10.7. The summed E-state index contributed by atoms with van der Waals surface area (Å²) in [7, 11) is 0. The maximum atomic E-state index is 12.2. The van der Waals surface area contributed by atoms with Crippen molar-refractivity contribution in [3.63, 3.8) is 0 Å². The van der Waals surface area contributed by atoms with Gasteiger partial charge in [0.2, 0.25) is 5.91 Å². The molecule has 1 unspecified atom stereocenters. The highest BCUT2D eigenvalue weighted by Gasteiger charge is 2.29. The Morgan fingerprint density at radius 3 is 2.71 bits per heavy atom. The summed E-state index contributed by atoms with van der Waals surface area (Å²) < 4.78 is 0. The molecule has 1 atom stereocenters. The number of hydrogen-bond acceptors (Lipinski definition) is 1. The van der Waals surface area contributed by atoms with E-state index in [4.69, 9.17) is 0 Å². The van der Waals surface area contributed by atoms with E-state index in [9.17, 15) is 4.79 Å². The van der Waals surface area contributed by atoms with E-state index in [0.29, 0.717) is 24.3 Å². The molecule has 92 valence electrons. The van der Waals surface area contributed by atoms with Gasteiger partial charge in [0, 0.05) is 13.0 Å². The van der Waals surface area contributed by atoms with E-state index in [-0.39, 0.29) is 0 Å². The van der Waals surface area contributed by atoms with Crippen LogP contribution >= 0.6 is 0 Å². The van der Waals surface area contributed by atoms with Gasteiger partial charge in [0.15, 0.2) is 0 Å². The second-order valence-electron chi connectivity index (χ2n) is 5.25. The van der Waals surface area contributed by atoms with Crippen molar-refractivity contribution >= 4 is 5.91 Å². The first-order chi connectivity index (χ1) is 8.18. The first kappa shape index (κ1) is 12.2. The third-order valence-corrected chi connectivity index (χ3v) is 3.34. The van der Waals surface area contributed by atoms with Gasteiger partial charge < -0.3 is 4.90 Å².